The molecule has 0 fully saturated rings. The molecule has 0 saturated heterocycles. The summed E-state index contributed by atoms with van der Waals surface area (Å²) in [4.78, 5) is 22.3. The Kier molecular flexibility index (Phi) is 3.72. The number of nitrogens with two attached hydrogens (primary N) is 1. The van der Waals surface area contributed by atoms with Gasteiger partial charge in [-0.2, -0.15) is 15.4 Å². The summed E-state index contributed by atoms with van der Waals surface area (Å²) in [7, 11) is 0. The number of hydrogen-bond acceptors (Lipinski definition) is 5. The van der Waals surface area contributed by atoms with Crippen LogP contribution in [0.1, 0.15) is 10.5 Å². The largest absolute Gasteiger partial charge is 0.484 e. The molecule has 2 aromatic rings. The van der Waals surface area contributed by atoms with Gasteiger partial charge in [-0.3, -0.25) is 9.59 Å². The van der Waals surface area contributed by atoms with E-state index in [1.807, 2.05) is 0 Å². The number of carbonyl (C=O) groups excluding carboxylic acids is 2. The fraction of sp³-hybridized carbons (Fsp3) is 0.0909. The Morgan fingerprint density at radius 2 is 2.26 bits per heavy atom. The Labute approximate surface area is 107 Å². The quantitative estimate of drug-likeness (QED) is 0.694. The topological polar surface area (TPSA) is 123 Å². The summed E-state index contributed by atoms with van der Waals surface area (Å²) in [6, 6.07) is 6.57. The van der Waals surface area contributed by atoms with E-state index in [9.17, 15) is 9.59 Å². The summed E-state index contributed by atoms with van der Waals surface area (Å²) in [6.07, 6.45) is 1.31. The van der Waals surface area contributed by atoms with Crippen LogP contribution in [0.15, 0.2) is 30.5 Å². The first-order valence-electron chi connectivity index (χ1n) is 5.33. The molecule has 98 valence electrons. The lowest BCUT2D eigenvalue weighted by atomic mass is 10.3. The molecule has 8 nitrogen and oxygen atoms in total. The third kappa shape index (κ3) is 3.53. The summed E-state index contributed by atoms with van der Waals surface area (Å²) in [5.41, 5.74) is 5.65. The molecule has 0 aliphatic carbocycles. The van der Waals surface area contributed by atoms with Gasteiger partial charge in [-0.25, -0.2) is 0 Å². The standard InChI is InChI=1S/C11H11N5O3/c12-10(17)6-19-8-3-1-2-7(4-8)14-11(18)9-5-13-16-15-9/h1-5H,6H2,(H2,12,17)(H,14,18)(H,13,15,16). The van der Waals surface area contributed by atoms with E-state index in [2.05, 4.69) is 20.7 Å². The zero-order valence-corrected chi connectivity index (χ0v) is 9.79. The monoisotopic (exact) mass is 261 g/mol. The predicted octanol–water partition coefficient (Wildman–Crippen LogP) is -0.0789. The number of rotatable bonds is 5. The molecule has 19 heavy (non-hydrogen) atoms. The highest BCUT2D eigenvalue weighted by molar-refractivity contribution is 6.02. The molecule has 8 heteroatoms. The molecule has 0 bridgehead atoms. The molecule has 0 unspecified atom stereocenters. The summed E-state index contributed by atoms with van der Waals surface area (Å²) in [5, 5.41) is 12.2. The molecule has 0 radical (unpaired) electrons. The van der Waals surface area contributed by atoms with E-state index in [4.69, 9.17) is 10.5 Å². The smallest absolute Gasteiger partial charge is 0.277 e. The summed E-state index contributed by atoms with van der Waals surface area (Å²) < 4.78 is 5.12. The van der Waals surface area contributed by atoms with Crippen molar-refractivity contribution in [3.8, 4) is 5.75 Å². The molecule has 1 aromatic carbocycles. The van der Waals surface area contributed by atoms with Gasteiger partial charge in [-0.15, -0.1) is 0 Å². The maximum atomic E-state index is 11.7. The van der Waals surface area contributed by atoms with Crippen LogP contribution in [0.5, 0.6) is 5.75 Å². The number of amides is 2. The number of ether oxygens (including phenoxy) is 1. The molecule has 0 saturated carbocycles. The van der Waals surface area contributed by atoms with Gasteiger partial charge in [0.15, 0.2) is 12.3 Å². The van der Waals surface area contributed by atoms with Gasteiger partial charge in [0, 0.05) is 11.8 Å². The number of anilines is 1. The number of H-pyrrole nitrogens is 1. The third-order valence-electron chi connectivity index (χ3n) is 2.12. The van der Waals surface area contributed by atoms with Gasteiger partial charge in [-0.05, 0) is 12.1 Å². The molecule has 0 spiro atoms. The maximum Gasteiger partial charge on any atom is 0.277 e. The second-order valence-electron chi connectivity index (χ2n) is 3.59. The first-order chi connectivity index (χ1) is 9.15. The SMILES string of the molecule is NC(=O)COc1cccc(NC(=O)c2cn[nH]n2)c1. The third-order valence-corrected chi connectivity index (χ3v) is 2.12. The van der Waals surface area contributed by atoms with Crippen molar-refractivity contribution in [2.75, 3.05) is 11.9 Å². The van der Waals surface area contributed by atoms with Gasteiger partial charge in [0.05, 0.1) is 6.20 Å². The first kappa shape index (κ1) is 12.6. The van der Waals surface area contributed by atoms with Gasteiger partial charge in [0.1, 0.15) is 5.75 Å². The van der Waals surface area contributed by atoms with Crippen molar-refractivity contribution < 1.29 is 14.3 Å². The minimum atomic E-state index is -0.572. The Bertz CT molecular complexity index is 582. The van der Waals surface area contributed by atoms with Crippen molar-refractivity contribution in [3.05, 3.63) is 36.2 Å². The Morgan fingerprint density at radius 1 is 1.42 bits per heavy atom. The van der Waals surface area contributed by atoms with Crippen molar-refractivity contribution >= 4 is 17.5 Å². The van der Waals surface area contributed by atoms with Gasteiger partial charge in [0.2, 0.25) is 0 Å². The normalized spacial score (nSPS) is 9.89. The van der Waals surface area contributed by atoms with E-state index in [1.165, 1.54) is 6.20 Å². The van der Waals surface area contributed by atoms with Crippen molar-refractivity contribution in [2.45, 2.75) is 0 Å². The molecular formula is C11H11N5O3. The van der Waals surface area contributed by atoms with Crippen molar-refractivity contribution in [2.24, 2.45) is 5.73 Å². The van der Waals surface area contributed by atoms with Crippen LogP contribution >= 0.6 is 0 Å². The van der Waals surface area contributed by atoms with Crippen LogP contribution in [-0.4, -0.2) is 33.8 Å². The zero-order chi connectivity index (χ0) is 13.7. The number of hydrogen-bond donors (Lipinski definition) is 3. The molecule has 1 aromatic heterocycles. The zero-order valence-electron chi connectivity index (χ0n) is 9.79. The number of aromatic amines is 1. The summed E-state index contributed by atoms with van der Waals surface area (Å²) in [5.74, 6) is -0.547. The molecule has 0 atom stereocenters. The number of primary amides is 1. The van der Waals surface area contributed by atoms with Crippen LogP contribution in [0.3, 0.4) is 0 Å². The number of aromatic nitrogens is 3. The lowest BCUT2D eigenvalue weighted by Crippen LogP contribution is -2.20. The van der Waals surface area contributed by atoms with E-state index in [0.717, 1.165) is 0 Å². The van der Waals surface area contributed by atoms with Gasteiger partial charge in [-0.1, -0.05) is 6.07 Å². The second kappa shape index (κ2) is 5.63. The average molecular weight is 261 g/mol. The number of nitrogens with one attached hydrogen (secondary N) is 2. The minimum Gasteiger partial charge on any atom is -0.484 e. The Hall–Kier alpha value is -2.90. The lowest BCUT2D eigenvalue weighted by Gasteiger charge is -2.07. The number of benzene rings is 1. The van der Waals surface area contributed by atoms with Gasteiger partial charge in [0.25, 0.3) is 11.8 Å². The highest BCUT2D eigenvalue weighted by Gasteiger charge is 2.09. The van der Waals surface area contributed by atoms with Crippen LogP contribution in [0, 0.1) is 0 Å². The van der Waals surface area contributed by atoms with Crippen LogP contribution in [0.2, 0.25) is 0 Å². The van der Waals surface area contributed by atoms with E-state index in [0.29, 0.717) is 11.4 Å². The first-order valence-corrected chi connectivity index (χ1v) is 5.33. The molecule has 0 aliphatic rings. The maximum absolute atomic E-state index is 11.7. The molecule has 1 heterocycles. The van der Waals surface area contributed by atoms with Crippen LogP contribution in [0.4, 0.5) is 5.69 Å². The molecular weight excluding hydrogens is 250 g/mol. The van der Waals surface area contributed by atoms with Crippen LogP contribution in [0.25, 0.3) is 0 Å². The van der Waals surface area contributed by atoms with Crippen LogP contribution < -0.4 is 15.8 Å². The number of carbonyl (C=O) groups is 2. The van der Waals surface area contributed by atoms with E-state index >= 15 is 0 Å². The Balaban J connectivity index is 2.02. The molecule has 2 amide bonds. The van der Waals surface area contributed by atoms with Gasteiger partial charge >= 0.3 is 0 Å². The lowest BCUT2D eigenvalue weighted by molar-refractivity contribution is -0.119. The van der Waals surface area contributed by atoms with Gasteiger partial charge < -0.3 is 15.8 Å². The van der Waals surface area contributed by atoms with Crippen molar-refractivity contribution in [1.82, 2.24) is 15.4 Å². The second-order valence-corrected chi connectivity index (χ2v) is 3.59. The van der Waals surface area contributed by atoms with Crippen molar-refractivity contribution in [1.29, 1.82) is 0 Å². The van der Waals surface area contributed by atoms with Crippen LogP contribution in [-0.2, 0) is 4.79 Å². The summed E-state index contributed by atoms with van der Waals surface area (Å²) in [6.45, 7) is -0.222. The fourth-order valence-electron chi connectivity index (χ4n) is 1.32. The molecule has 4 N–H and O–H groups in total. The average Bonchev–Trinajstić information content (AvgIpc) is 2.91. The van der Waals surface area contributed by atoms with E-state index in [1.54, 1.807) is 24.3 Å². The highest BCUT2D eigenvalue weighted by Crippen LogP contribution is 2.17. The highest BCUT2D eigenvalue weighted by atomic mass is 16.5. The molecule has 0 aliphatic heterocycles. The van der Waals surface area contributed by atoms with Crippen molar-refractivity contribution in [3.63, 3.8) is 0 Å². The predicted molar refractivity (Wildman–Crippen MR) is 65.5 cm³/mol. The number of nitrogens with zero attached hydrogens (tertiary/aromatic N) is 2. The summed E-state index contributed by atoms with van der Waals surface area (Å²) >= 11 is 0. The fourth-order valence-corrected chi connectivity index (χ4v) is 1.32. The van der Waals surface area contributed by atoms with E-state index in [-0.39, 0.29) is 12.3 Å². The van der Waals surface area contributed by atoms with E-state index < -0.39 is 11.8 Å². The Morgan fingerprint density at radius 3 is 2.95 bits per heavy atom. The minimum absolute atomic E-state index is 0.170. The molecule has 2 rings (SSSR count).